The predicted octanol–water partition coefficient (Wildman–Crippen LogP) is 3.31. The minimum Gasteiger partial charge on any atom is -0.466 e. The minimum atomic E-state index is -0.395. The highest BCUT2D eigenvalue weighted by atomic mass is 79.9. The summed E-state index contributed by atoms with van der Waals surface area (Å²) in [6, 6.07) is 4.96. The van der Waals surface area contributed by atoms with E-state index < -0.39 is 5.97 Å². The molecule has 0 saturated heterocycles. The molecule has 0 unspecified atom stereocenters. The van der Waals surface area contributed by atoms with E-state index in [0.29, 0.717) is 37.3 Å². The number of hydrogen-bond donors (Lipinski definition) is 1. The number of ether oxygens (including phenoxy) is 2. The molecule has 0 heterocycles. The van der Waals surface area contributed by atoms with Crippen LogP contribution in [0.4, 0.5) is 5.69 Å². The van der Waals surface area contributed by atoms with Gasteiger partial charge in [-0.05, 0) is 44.4 Å². The van der Waals surface area contributed by atoms with Crippen LogP contribution in [0.5, 0.6) is 0 Å². The summed E-state index contributed by atoms with van der Waals surface area (Å²) in [6.45, 7) is 2.52. The van der Waals surface area contributed by atoms with E-state index in [1.54, 1.807) is 25.1 Å². The van der Waals surface area contributed by atoms with Gasteiger partial charge < -0.3 is 15.2 Å². The van der Waals surface area contributed by atoms with Crippen molar-refractivity contribution in [3.05, 3.63) is 28.2 Å². The molecule has 0 radical (unpaired) electrons. The maximum Gasteiger partial charge on any atom is 0.338 e. The van der Waals surface area contributed by atoms with Crippen molar-refractivity contribution in [2.75, 3.05) is 18.9 Å². The van der Waals surface area contributed by atoms with E-state index in [2.05, 4.69) is 15.9 Å². The fourth-order valence-electron chi connectivity index (χ4n) is 1.76. The largest absolute Gasteiger partial charge is 0.466 e. The van der Waals surface area contributed by atoms with Crippen LogP contribution in [0.25, 0.3) is 0 Å². The minimum absolute atomic E-state index is 0.181. The lowest BCUT2D eigenvalue weighted by Crippen LogP contribution is -2.07. The Bertz CT molecular complexity index is 470. The van der Waals surface area contributed by atoms with Gasteiger partial charge in [0, 0.05) is 16.6 Å². The summed E-state index contributed by atoms with van der Waals surface area (Å²) in [5.74, 6) is -0.576. The molecular formula is C15H20BrNO4. The van der Waals surface area contributed by atoms with E-state index in [-0.39, 0.29) is 5.97 Å². The number of rotatable bonds is 8. The molecule has 6 heteroatoms. The Balaban J connectivity index is 2.20. The normalized spacial score (nSPS) is 10.2. The Morgan fingerprint density at radius 1 is 1.14 bits per heavy atom. The van der Waals surface area contributed by atoms with Gasteiger partial charge in [0.25, 0.3) is 0 Å². The van der Waals surface area contributed by atoms with Gasteiger partial charge in [-0.25, -0.2) is 4.79 Å². The van der Waals surface area contributed by atoms with Crippen LogP contribution in [0.2, 0.25) is 0 Å². The number of esters is 2. The summed E-state index contributed by atoms with van der Waals surface area (Å²) in [4.78, 5) is 22.9. The van der Waals surface area contributed by atoms with Crippen LogP contribution in [-0.4, -0.2) is 25.2 Å². The molecule has 2 N–H and O–H groups in total. The zero-order valence-corrected chi connectivity index (χ0v) is 13.6. The van der Waals surface area contributed by atoms with Crippen molar-refractivity contribution in [3.8, 4) is 0 Å². The Labute approximate surface area is 132 Å². The van der Waals surface area contributed by atoms with Crippen LogP contribution < -0.4 is 5.73 Å². The Hall–Kier alpha value is -1.56. The fraction of sp³-hybridized carbons (Fsp3) is 0.467. The van der Waals surface area contributed by atoms with E-state index in [4.69, 9.17) is 15.2 Å². The highest BCUT2D eigenvalue weighted by molar-refractivity contribution is 9.10. The Kier molecular flexibility index (Phi) is 7.82. The van der Waals surface area contributed by atoms with Crippen LogP contribution in [0, 0.1) is 0 Å². The lowest BCUT2D eigenvalue weighted by molar-refractivity contribution is -0.143. The van der Waals surface area contributed by atoms with Crippen molar-refractivity contribution >= 4 is 33.6 Å². The number of hydrogen-bond acceptors (Lipinski definition) is 5. The molecule has 1 aromatic carbocycles. The summed E-state index contributed by atoms with van der Waals surface area (Å²) in [7, 11) is 0. The second kappa shape index (κ2) is 9.39. The summed E-state index contributed by atoms with van der Waals surface area (Å²) in [5.41, 5.74) is 6.59. The van der Waals surface area contributed by atoms with Gasteiger partial charge in [0.1, 0.15) is 0 Å². The third-order valence-corrected chi connectivity index (χ3v) is 3.18. The highest BCUT2D eigenvalue weighted by Crippen LogP contribution is 2.18. The van der Waals surface area contributed by atoms with Crippen LogP contribution in [0.1, 0.15) is 43.0 Å². The van der Waals surface area contributed by atoms with Gasteiger partial charge in [0.2, 0.25) is 0 Å². The van der Waals surface area contributed by atoms with E-state index >= 15 is 0 Å². The summed E-state index contributed by atoms with van der Waals surface area (Å²) in [5, 5.41) is 0. The number of benzene rings is 1. The third-order valence-electron chi connectivity index (χ3n) is 2.72. The van der Waals surface area contributed by atoms with E-state index in [1.807, 2.05) is 0 Å². The maximum absolute atomic E-state index is 11.8. The number of unbranched alkanes of at least 4 members (excludes halogenated alkanes) is 2. The molecule has 0 amide bonds. The second-order valence-corrected chi connectivity index (χ2v) is 5.44. The average molecular weight is 358 g/mol. The molecule has 1 aromatic rings. The van der Waals surface area contributed by atoms with Crippen molar-refractivity contribution in [3.63, 3.8) is 0 Å². The van der Waals surface area contributed by atoms with Crippen molar-refractivity contribution in [1.82, 2.24) is 0 Å². The highest BCUT2D eigenvalue weighted by Gasteiger charge is 2.08. The fourth-order valence-corrected chi connectivity index (χ4v) is 2.27. The van der Waals surface area contributed by atoms with Gasteiger partial charge in [0.05, 0.1) is 18.8 Å². The van der Waals surface area contributed by atoms with Crippen LogP contribution in [-0.2, 0) is 14.3 Å². The zero-order valence-electron chi connectivity index (χ0n) is 12.1. The predicted molar refractivity (Wildman–Crippen MR) is 83.9 cm³/mol. The van der Waals surface area contributed by atoms with Crippen molar-refractivity contribution in [2.45, 2.75) is 32.6 Å². The molecule has 1 rings (SSSR count). The van der Waals surface area contributed by atoms with Crippen molar-refractivity contribution in [2.24, 2.45) is 0 Å². The molecule has 0 aliphatic rings. The third kappa shape index (κ3) is 7.13. The van der Waals surface area contributed by atoms with E-state index in [9.17, 15) is 9.59 Å². The summed E-state index contributed by atoms with van der Waals surface area (Å²) >= 11 is 3.28. The lowest BCUT2D eigenvalue weighted by atomic mass is 10.2. The number of halogens is 1. The number of carbonyl (C=O) groups is 2. The average Bonchev–Trinajstić information content (AvgIpc) is 2.41. The zero-order chi connectivity index (χ0) is 15.7. The Morgan fingerprint density at radius 2 is 1.90 bits per heavy atom. The SMILES string of the molecule is CCOC(=O)CCCCCOC(=O)c1cc(N)cc(Br)c1. The topological polar surface area (TPSA) is 78.6 Å². The molecule has 0 aliphatic heterocycles. The van der Waals surface area contributed by atoms with Crippen LogP contribution >= 0.6 is 15.9 Å². The quantitative estimate of drug-likeness (QED) is 0.438. The number of anilines is 1. The van der Waals surface area contributed by atoms with Gasteiger partial charge in [-0.1, -0.05) is 15.9 Å². The first-order chi connectivity index (χ1) is 10.0. The first-order valence-corrected chi connectivity index (χ1v) is 7.71. The van der Waals surface area contributed by atoms with Gasteiger partial charge >= 0.3 is 11.9 Å². The first-order valence-electron chi connectivity index (χ1n) is 6.91. The molecule has 0 atom stereocenters. The van der Waals surface area contributed by atoms with E-state index in [1.165, 1.54) is 0 Å². The standard InChI is InChI=1S/C15H20BrNO4/c1-2-20-14(18)6-4-3-5-7-21-15(19)11-8-12(16)10-13(17)9-11/h8-10H,2-7,17H2,1H3. The summed E-state index contributed by atoms with van der Waals surface area (Å²) < 4.78 is 10.7. The number of nitrogens with two attached hydrogens (primary N) is 1. The molecular weight excluding hydrogens is 338 g/mol. The summed E-state index contributed by atoms with van der Waals surface area (Å²) in [6.07, 6.45) is 2.67. The van der Waals surface area contributed by atoms with Crippen LogP contribution in [0.15, 0.2) is 22.7 Å². The van der Waals surface area contributed by atoms with Gasteiger partial charge in [-0.2, -0.15) is 0 Å². The molecule has 116 valence electrons. The smallest absolute Gasteiger partial charge is 0.338 e. The first kappa shape index (κ1) is 17.5. The van der Waals surface area contributed by atoms with Gasteiger partial charge in [0.15, 0.2) is 0 Å². The molecule has 0 aromatic heterocycles. The lowest BCUT2D eigenvalue weighted by Gasteiger charge is -2.06. The maximum atomic E-state index is 11.8. The van der Waals surface area contributed by atoms with Crippen LogP contribution in [0.3, 0.4) is 0 Å². The second-order valence-electron chi connectivity index (χ2n) is 4.52. The molecule has 5 nitrogen and oxygen atoms in total. The van der Waals surface area contributed by atoms with Gasteiger partial charge in [-0.3, -0.25) is 4.79 Å². The van der Waals surface area contributed by atoms with E-state index in [0.717, 1.165) is 17.3 Å². The van der Waals surface area contributed by atoms with Crippen molar-refractivity contribution < 1.29 is 19.1 Å². The molecule has 0 aliphatic carbocycles. The molecule has 0 spiro atoms. The molecule has 0 bridgehead atoms. The number of nitrogen functional groups attached to an aromatic ring is 1. The van der Waals surface area contributed by atoms with Crippen molar-refractivity contribution in [1.29, 1.82) is 0 Å². The number of carbonyl (C=O) groups excluding carboxylic acids is 2. The molecule has 0 saturated carbocycles. The molecule has 0 fully saturated rings. The monoisotopic (exact) mass is 357 g/mol. The Morgan fingerprint density at radius 3 is 2.57 bits per heavy atom. The van der Waals surface area contributed by atoms with Gasteiger partial charge in [-0.15, -0.1) is 0 Å². The molecule has 21 heavy (non-hydrogen) atoms.